The van der Waals surface area contributed by atoms with Crippen molar-refractivity contribution < 1.29 is 43.6 Å². The second-order valence-electron chi connectivity index (χ2n) is 7.51. The molecule has 35 heavy (non-hydrogen) atoms. The van der Waals surface area contributed by atoms with Gasteiger partial charge in [0.15, 0.2) is 0 Å². The number of hydrogen-bond donors (Lipinski definition) is 2. The largest absolute Gasteiger partial charge is 0.497 e. The second-order valence-corrected chi connectivity index (χ2v) is 7.51. The van der Waals surface area contributed by atoms with Crippen molar-refractivity contribution in [2.75, 3.05) is 14.2 Å². The van der Waals surface area contributed by atoms with Crippen LogP contribution in [0.25, 0.3) is 21.5 Å². The van der Waals surface area contributed by atoms with Gasteiger partial charge in [0.05, 0.1) is 36.5 Å². The van der Waals surface area contributed by atoms with E-state index in [0.717, 1.165) is 0 Å². The van der Waals surface area contributed by atoms with Crippen molar-refractivity contribution in [3.8, 4) is 11.5 Å². The number of rotatable bonds is 6. The van der Waals surface area contributed by atoms with Gasteiger partial charge in [-0.05, 0) is 70.1 Å². The van der Waals surface area contributed by atoms with Gasteiger partial charge >= 0.3 is 23.9 Å². The number of carbonyl (C=O) groups excluding carboxylic acids is 2. The number of ether oxygens (including phenoxy) is 3. The average Bonchev–Trinajstić information content (AvgIpc) is 2.85. The van der Waals surface area contributed by atoms with E-state index in [2.05, 4.69) is 0 Å². The molecule has 9 nitrogen and oxygen atoms in total. The first-order valence-electron chi connectivity index (χ1n) is 10.2. The van der Waals surface area contributed by atoms with Gasteiger partial charge in [0.25, 0.3) is 0 Å². The van der Waals surface area contributed by atoms with E-state index in [1.165, 1.54) is 38.5 Å². The number of aromatic carboxylic acids is 2. The Morgan fingerprint density at radius 1 is 0.543 bits per heavy atom. The van der Waals surface area contributed by atoms with Crippen molar-refractivity contribution in [1.82, 2.24) is 0 Å². The molecular formula is C26H18O9. The lowest BCUT2D eigenvalue weighted by Gasteiger charge is -2.11. The molecule has 4 aromatic rings. The van der Waals surface area contributed by atoms with Crippen LogP contribution >= 0.6 is 0 Å². The molecule has 0 unspecified atom stereocenters. The number of methoxy groups -OCH3 is 2. The van der Waals surface area contributed by atoms with Crippen LogP contribution in [-0.4, -0.2) is 48.3 Å². The summed E-state index contributed by atoms with van der Waals surface area (Å²) in [6.07, 6.45) is 0. The van der Waals surface area contributed by atoms with Crippen molar-refractivity contribution in [2.24, 2.45) is 0 Å². The Morgan fingerprint density at radius 2 is 0.914 bits per heavy atom. The van der Waals surface area contributed by atoms with Gasteiger partial charge in [0.2, 0.25) is 0 Å². The Bertz CT molecular complexity index is 1420. The molecule has 0 aromatic heterocycles. The Hall–Kier alpha value is -4.92. The van der Waals surface area contributed by atoms with E-state index in [1.807, 2.05) is 0 Å². The van der Waals surface area contributed by atoms with E-state index >= 15 is 0 Å². The van der Waals surface area contributed by atoms with E-state index < -0.39 is 23.9 Å². The van der Waals surface area contributed by atoms with E-state index in [9.17, 15) is 29.4 Å². The molecule has 0 heterocycles. The fourth-order valence-electron chi connectivity index (χ4n) is 3.69. The number of carboxylic acids is 2. The summed E-state index contributed by atoms with van der Waals surface area (Å²) >= 11 is 0. The number of benzene rings is 4. The Balaban J connectivity index is 1.74. The first-order chi connectivity index (χ1) is 16.7. The number of carbonyl (C=O) groups is 4. The van der Waals surface area contributed by atoms with Crippen LogP contribution < -0.4 is 9.47 Å². The molecule has 0 amide bonds. The number of hydrogen-bond acceptors (Lipinski definition) is 7. The van der Waals surface area contributed by atoms with Crippen LogP contribution in [0.1, 0.15) is 41.4 Å². The Kier molecular flexibility index (Phi) is 6.07. The van der Waals surface area contributed by atoms with Crippen molar-refractivity contribution in [3.05, 3.63) is 82.9 Å². The second kappa shape index (κ2) is 9.14. The molecule has 0 aliphatic carbocycles. The topological polar surface area (TPSA) is 136 Å². The third kappa shape index (κ3) is 4.47. The highest BCUT2D eigenvalue weighted by atomic mass is 16.6. The highest BCUT2D eigenvalue weighted by Gasteiger charge is 2.25. The smallest absolute Gasteiger partial charge is 0.346 e. The van der Waals surface area contributed by atoms with Gasteiger partial charge in [0.1, 0.15) is 11.5 Å². The zero-order chi connectivity index (χ0) is 25.3. The minimum absolute atomic E-state index is 0.356. The fourth-order valence-corrected chi connectivity index (χ4v) is 3.69. The third-order valence-electron chi connectivity index (χ3n) is 5.45. The molecule has 0 aliphatic rings. The first-order valence-corrected chi connectivity index (χ1v) is 10.2. The van der Waals surface area contributed by atoms with Crippen LogP contribution in [0.15, 0.2) is 60.7 Å². The highest BCUT2D eigenvalue weighted by Crippen LogP contribution is 2.27. The van der Waals surface area contributed by atoms with Gasteiger partial charge in [-0.1, -0.05) is 12.1 Å². The highest BCUT2D eigenvalue weighted by molar-refractivity contribution is 6.13. The molecule has 4 rings (SSSR count). The van der Waals surface area contributed by atoms with Crippen LogP contribution in [0.4, 0.5) is 0 Å². The number of carboxylic acid groups (broad SMARTS) is 2. The van der Waals surface area contributed by atoms with E-state index in [4.69, 9.17) is 14.2 Å². The third-order valence-corrected chi connectivity index (χ3v) is 5.45. The molecule has 0 aliphatic heterocycles. The monoisotopic (exact) mass is 474 g/mol. The molecule has 0 bridgehead atoms. The number of fused-ring (bicyclic) bond motifs is 2. The SMILES string of the molecule is COc1ccc2cc(C(=O)OC(=O)c3cc4ccc(OC)cc4cc3C(=O)O)c(C(=O)O)cc2c1. The van der Waals surface area contributed by atoms with Gasteiger partial charge in [0, 0.05) is 0 Å². The zero-order valence-corrected chi connectivity index (χ0v) is 18.5. The van der Waals surface area contributed by atoms with Crippen LogP contribution in [0, 0.1) is 0 Å². The lowest BCUT2D eigenvalue weighted by Crippen LogP contribution is -2.18. The summed E-state index contributed by atoms with van der Waals surface area (Å²) in [5.74, 6) is -4.27. The van der Waals surface area contributed by atoms with Gasteiger partial charge in [-0.3, -0.25) is 0 Å². The molecule has 0 atom stereocenters. The molecule has 9 heteroatoms. The van der Waals surface area contributed by atoms with Crippen LogP contribution in [0.2, 0.25) is 0 Å². The van der Waals surface area contributed by atoms with Crippen LogP contribution in [0.3, 0.4) is 0 Å². The molecule has 0 spiro atoms. The van der Waals surface area contributed by atoms with Gasteiger partial charge in [-0.2, -0.15) is 0 Å². The zero-order valence-electron chi connectivity index (χ0n) is 18.5. The van der Waals surface area contributed by atoms with E-state index in [-0.39, 0.29) is 22.3 Å². The average molecular weight is 474 g/mol. The maximum atomic E-state index is 12.9. The molecule has 4 aromatic carbocycles. The van der Waals surface area contributed by atoms with Crippen molar-refractivity contribution in [1.29, 1.82) is 0 Å². The quantitative estimate of drug-likeness (QED) is 0.308. The summed E-state index contributed by atoms with van der Waals surface area (Å²) in [6, 6.07) is 14.8. The normalized spacial score (nSPS) is 10.7. The molecule has 0 radical (unpaired) electrons. The first kappa shape index (κ1) is 23.2. The molecule has 0 saturated carbocycles. The summed E-state index contributed by atoms with van der Waals surface area (Å²) in [5.41, 5.74) is -1.47. The van der Waals surface area contributed by atoms with Crippen LogP contribution in [0.5, 0.6) is 11.5 Å². The Morgan fingerprint density at radius 3 is 1.26 bits per heavy atom. The maximum Gasteiger partial charge on any atom is 0.346 e. The standard InChI is InChI=1S/C26H18O9/c1-33-17-5-3-13-9-21(19(23(27)28)11-15(13)7-17)25(31)35-26(32)22-10-14-4-6-18(34-2)8-16(14)12-20(22)24(29)30/h3-12H,1-2H3,(H,27,28)(H,29,30). The fraction of sp³-hybridized carbons (Fsp3) is 0.0769. The minimum Gasteiger partial charge on any atom is -0.497 e. The van der Waals surface area contributed by atoms with Gasteiger partial charge < -0.3 is 24.4 Å². The summed E-state index contributed by atoms with van der Waals surface area (Å²) in [4.78, 5) is 49.3. The maximum absolute atomic E-state index is 12.9. The molecule has 176 valence electrons. The van der Waals surface area contributed by atoms with Crippen molar-refractivity contribution in [3.63, 3.8) is 0 Å². The van der Waals surface area contributed by atoms with Crippen molar-refractivity contribution >= 4 is 45.4 Å². The van der Waals surface area contributed by atoms with Gasteiger partial charge in [-0.15, -0.1) is 0 Å². The summed E-state index contributed by atoms with van der Waals surface area (Å²) in [5, 5.41) is 21.3. The molecule has 2 N–H and O–H groups in total. The molecule has 0 fully saturated rings. The van der Waals surface area contributed by atoms with Crippen molar-refractivity contribution in [2.45, 2.75) is 0 Å². The molecule has 0 saturated heterocycles. The number of esters is 2. The predicted molar refractivity (Wildman–Crippen MR) is 125 cm³/mol. The summed E-state index contributed by atoms with van der Waals surface area (Å²) < 4.78 is 15.2. The van der Waals surface area contributed by atoms with E-state index in [0.29, 0.717) is 33.0 Å². The molecular weight excluding hydrogens is 456 g/mol. The summed E-state index contributed by atoms with van der Waals surface area (Å²) in [7, 11) is 2.93. The summed E-state index contributed by atoms with van der Waals surface area (Å²) in [6.45, 7) is 0. The lowest BCUT2D eigenvalue weighted by molar-refractivity contribution is 0.0387. The van der Waals surface area contributed by atoms with Gasteiger partial charge in [-0.25, -0.2) is 19.2 Å². The van der Waals surface area contributed by atoms with E-state index in [1.54, 1.807) is 36.4 Å². The van der Waals surface area contributed by atoms with Crippen LogP contribution in [-0.2, 0) is 4.74 Å². The predicted octanol–water partition coefficient (Wildman–Crippen LogP) is 4.40. The lowest BCUT2D eigenvalue weighted by atomic mass is 10.00. The Labute approximate surface area is 198 Å². The minimum atomic E-state index is -1.40.